The third-order valence-corrected chi connectivity index (χ3v) is 3.74. The van der Waals surface area contributed by atoms with Crippen molar-refractivity contribution in [1.29, 1.82) is 0 Å². The maximum absolute atomic E-state index is 12.2. The van der Waals surface area contributed by atoms with Crippen molar-refractivity contribution >= 4 is 23.3 Å². The van der Waals surface area contributed by atoms with Crippen LogP contribution in [0.5, 0.6) is 0 Å². The molecule has 7 heteroatoms. The zero-order chi connectivity index (χ0) is 16.9. The van der Waals surface area contributed by atoms with Gasteiger partial charge < -0.3 is 15.0 Å². The van der Waals surface area contributed by atoms with E-state index >= 15 is 0 Å². The van der Waals surface area contributed by atoms with E-state index in [9.17, 15) is 9.59 Å². The highest BCUT2D eigenvalue weighted by Gasteiger charge is 2.15. The highest BCUT2D eigenvalue weighted by Crippen LogP contribution is 2.13. The van der Waals surface area contributed by atoms with Crippen LogP contribution in [0.2, 0.25) is 0 Å². The van der Waals surface area contributed by atoms with Gasteiger partial charge >= 0.3 is 0 Å². The molecule has 1 aliphatic heterocycles. The topological polar surface area (TPSA) is 84.4 Å². The third-order valence-electron chi connectivity index (χ3n) is 3.74. The Kier molecular flexibility index (Phi) is 4.81. The van der Waals surface area contributed by atoms with Crippen molar-refractivity contribution in [3.8, 4) is 0 Å². The summed E-state index contributed by atoms with van der Waals surface area (Å²) in [6.45, 7) is 4.30. The number of benzene rings is 1. The van der Waals surface area contributed by atoms with E-state index in [1.54, 1.807) is 24.3 Å². The number of hydrogen-bond acceptors (Lipinski definition) is 6. The summed E-state index contributed by atoms with van der Waals surface area (Å²) in [5.41, 5.74) is 1.59. The van der Waals surface area contributed by atoms with Crippen molar-refractivity contribution in [3.63, 3.8) is 0 Å². The number of nitrogens with one attached hydrogen (secondary N) is 1. The number of ketones is 1. The maximum atomic E-state index is 12.2. The number of morpholine rings is 1. The van der Waals surface area contributed by atoms with Gasteiger partial charge in [0.25, 0.3) is 5.91 Å². The van der Waals surface area contributed by atoms with Crippen LogP contribution in [0.1, 0.15) is 27.6 Å². The number of ether oxygens (including phenoxy) is 1. The molecule has 0 aliphatic carbocycles. The fraction of sp³-hybridized carbons (Fsp3) is 0.294. The second-order valence-electron chi connectivity index (χ2n) is 5.46. The molecule has 3 rings (SSSR count). The molecule has 24 heavy (non-hydrogen) atoms. The molecule has 0 atom stereocenters. The number of carbonyl (C=O) groups excluding carboxylic acids is 2. The number of carbonyl (C=O) groups is 2. The van der Waals surface area contributed by atoms with Gasteiger partial charge in [0.05, 0.1) is 18.8 Å². The molecule has 2 heterocycles. The molecule has 1 aliphatic rings. The first-order valence-corrected chi connectivity index (χ1v) is 7.70. The standard InChI is InChI=1S/C17H18N4O3/c1-12(22)13-2-4-15(5-3-13)20-16(23)14-10-18-17(19-11-14)21-6-8-24-9-7-21/h2-5,10-11H,6-9H2,1H3,(H,20,23). The van der Waals surface area contributed by atoms with Crippen LogP contribution in [0.25, 0.3) is 0 Å². The molecular weight excluding hydrogens is 308 g/mol. The number of anilines is 2. The molecule has 1 aromatic carbocycles. The van der Waals surface area contributed by atoms with E-state index in [0.717, 1.165) is 13.1 Å². The van der Waals surface area contributed by atoms with Crippen LogP contribution in [0, 0.1) is 0 Å². The lowest BCUT2D eigenvalue weighted by atomic mass is 10.1. The lowest BCUT2D eigenvalue weighted by molar-refractivity contribution is 0.101. The minimum Gasteiger partial charge on any atom is -0.378 e. The Bertz CT molecular complexity index is 723. The van der Waals surface area contributed by atoms with Crippen LogP contribution in [0.4, 0.5) is 11.6 Å². The quantitative estimate of drug-likeness (QED) is 0.862. The third kappa shape index (κ3) is 3.75. The summed E-state index contributed by atoms with van der Waals surface area (Å²) in [6.07, 6.45) is 3.02. The van der Waals surface area contributed by atoms with E-state index < -0.39 is 0 Å². The number of amides is 1. The van der Waals surface area contributed by atoms with Crippen molar-refractivity contribution in [2.45, 2.75) is 6.92 Å². The van der Waals surface area contributed by atoms with Crippen LogP contribution in [-0.2, 0) is 4.74 Å². The van der Waals surface area contributed by atoms with Gasteiger partial charge in [-0.1, -0.05) is 0 Å². The number of hydrogen-bond donors (Lipinski definition) is 1. The van der Waals surface area contributed by atoms with Crippen molar-refractivity contribution in [1.82, 2.24) is 9.97 Å². The van der Waals surface area contributed by atoms with Gasteiger partial charge in [-0.05, 0) is 31.2 Å². The van der Waals surface area contributed by atoms with E-state index in [0.29, 0.717) is 36.0 Å². The average Bonchev–Trinajstić information content (AvgIpc) is 2.63. The van der Waals surface area contributed by atoms with Gasteiger partial charge in [0, 0.05) is 36.7 Å². The molecule has 1 fully saturated rings. The maximum Gasteiger partial charge on any atom is 0.258 e. The van der Waals surface area contributed by atoms with Crippen molar-refractivity contribution in [2.75, 3.05) is 36.5 Å². The first-order chi connectivity index (χ1) is 11.6. The molecule has 1 saturated heterocycles. The second-order valence-corrected chi connectivity index (χ2v) is 5.46. The fourth-order valence-electron chi connectivity index (χ4n) is 2.36. The summed E-state index contributed by atoms with van der Waals surface area (Å²) < 4.78 is 5.29. The van der Waals surface area contributed by atoms with Gasteiger partial charge in [0.2, 0.25) is 5.95 Å². The first kappa shape index (κ1) is 16.1. The van der Waals surface area contributed by atoms with Gasteiger partial charge in [-0.3, -0.25) is 9.59 Å². The highest BCUT2D eigenvalue weighted by molar-refractivity contribution is 6.04. The Morgan fingerprint density at radius 1 is 1.04 bits per heavy atom. The van der Waals surface area contributed by atoms with Crippen LogP contribution in [-0.4, -0.2) is 48.0 Å². The van der Waals surface area contributed by atoms with Crippen LogP contribution in [0.3, 0.4) is 0 Å². The number of nitrogens with zero attached hydrogens (tertiary/aromatic N) is 3. The number of Topliss-reactive ketones (excluding diaryl/α,β-unsaturated/α-hetero) is 1. The van der Waals surface area contributed by atoms with Crippen LogP contribution in [0.15, 0.2) is 36.7 Å². The second kappa shape index (κ2) is 7.18. The van der Waals surface area contributed by atoms with Crippen molar-refractivity contribution in [3.05, 3.63) is 47.8 Å². The Balaban J connectivity index is 1.65. The SMILES string of the molecule is CC(=O)c1ccc(NC(=O)c2cnc(N3CCOCC3)nc2)cc1. The predicted molar refractivity (Wildman–Crippen MR) is 89.5 cm³/mol. The summed E-state index contributed by atoms with van der Waals surface area (Å²) in [6, 6.07) is 6.74. The lowest BCUT2D eigenvalue weighted by Crippen LogP contribution is -2.37. The summed E-state index contributed by atoms with van der Waals surface area (Å²) in [7, 11) is 0. The molecule has 2 aromatic rings. The molecular formula is C17H18N4O3. The van der Waals surface area contributed by atoms with E-state index in [1.165, 1.54) is 19.3 Å². The molecule has 7 nitrogen and oxygen atoms in total. The van der Waals surface area contributed by atoms with Crippen LogP contribution >= 0.6 is 0 Å². The molecule has 0 saturated carbocycles. The molecule has 0 unspecified atom stereocenters. The summed E-state index contributed by atoms with van der Waals surface area (Å²) in [5.74, 6) is 0.291. The molecule has 0 spiro atoms. The Hall–Kier alpha value is -2.80. The Morgan fingerprint density at radius 3 is 2.25 bits per heavy atom. The van der Waals surface area contributed by atoms with E-state index in [2.05, 4.69) is 15.3 Å². The zero-order valence-corrected chi connectivity index (χ0v) is 13.4. The minimum absolute atomic E-state index is 0.0139. The number of aromatic nitrogens is 2. The fourth-order valence-corrected chi connectivity index (χ4v) is 2.36. The van der Waals surface area contributed by atoms with Crippen LogP contribution < -0.4 is 10.2 Å². The zero-order valence-electron chi connectivity index (χ0n) is 13.4. The van der Waals surface area contributed by atoms with Gasteiger partial charge in [0.15, 0.2) is 5.78 Å². The minimum atomic E-state index is -0.292. The summed E-state index contributed by atoms with van der Waals surface area (Å²) in [5, 5.41) is 2.76. The van der Waals surface area contributed by atoms with Gasteiger partial charge in [0.1, 0.15) is 0 Å². The lowest BCUT2D eigenvalue weighted by Gasteiger charge is -2.26. The molecule has 1 aromatic heterocycles. The van der Waals surface area contributed by atoms with Gasteiger partial charge in [-0.2, -0.15) is 0 Å². The Morgan fingerprint density at radius 2 is 1.67 bits per heavy atom. The van der Waals surface area contributed by atoms with Gasteiger partial charge in [-0.25, -0.2) is 9.97 Å². The van der Waals surface area contributed by atoms with Gasteiger partial charge in [-0.15, -0.1) is 0 Å². The predicted octanol–water partition coefficient (Wildman–Crippen LogP) is 1.77. The molecule has 1 amide bonds. The highest BCUT2D eigenvalue weighted by atomic mass is 16.5. The summed E-state index contributed by atoms with van der Waals surface area (Å²) >= 11 is 0. The average molecular weight is 326 g/mol. The van der Waals surface area contributed by atoms with Crippen molar-refractivity contribution in [2.24, 2.45) is 0 Å². The summed E-state index contributed by atoms with van der Waals surface area (Å²) in [4.78, 5) is 34.0. The molecule has 0 radical (unpaired) electrons. The molecule has 0 bridgehead atoms. The monoisotopic (exact) mass is 326 g/mol. The molecule has 124 valence electrons. The van der Waals surface area contributed by atoms with E-state index in [-0.39, 0.29) is 11.7 Å². The largest absolute Gasteiger partial charge is 0.378 e. The smallest absolute Gasteiger partial charge is 0.258 e. The molecule has 1 N–H and O–H groups in total. The number of rotatable bonds is 4. The van der Waals surface area contributed by atoms with E-state index in [4.69, 9.17) is 4.74 Å². The first-order valence-electron chi connectivity index (χ1n) is 7.70. The normalized spacial score (nSPS) is 14.3. The Labute approximate surface area is 139 Å². The van der Waals surface area contributed by atoms with E-state index in [1.807, 2.05) is 4.90 Å². The van der Waals surface area contributed by atoms with Crippen molar-refractivity contribution < 1.29 is 14.3 Å².